The summed E-state index contributed by atoms with van der Waals surface area (Å²) < 4.78 is 38.6. The van der Waals surface area contributed by atoms with Gasteiger partial charge in [-0.2, -0.15) is 0 Å². The monoisotopic (exact) mass is 351 g/mol. The SMILES string of the molecule is Cn1cc(Br)c2cc(C(=O)NC(F)C(F)F)[nH]c2c1=O. The number of halogens is 4. The Morgan fingerprint density at radius 1 is 1.45 bits per heavy atom. The summed E-state index contributed by atoms with van der Waals surface area (Å²) in [6.45, 7) is 0. The van der Waals surface area contributed by atoms with Gasteiger partial charge >= 0.3 is 0 Å². The minimum Gasteiger partial charge on any atom is -0.346 e. The first kappa shape index (κ1) is 14.6. The normalized spacial score (nSPS) is 12.9. The van der Waals surface area contributed by atoms with Gasteiger partial charge in [0.2, 0.25) is 6.30 Å². The number of aromatic amines is 1. The summed E-state index contributed by atoms with van der Waals surface area (Å²) >= 11 is 3.21. The van der Waals surface area contributed by atoms with Gasteiger partial charge in [-0.3, -0.25) is 9.59 Å². The lowest BCUT2D eigenvalue weighted by Crippen LogP contribution is -2.36. The molecule has 5 nitrogen and oxygen atoms in total. The fourth-order valence-electron chi connectivity index (χ4n) is 1.67. The standard InChI is InChI=1S/C11H9BrF3N3O2/c1-18-3-5(12)4-2-6(16-7(4)11(18)20)10(19)17-9(15)8(13)14/h2-3,8-9,16H,1H3,(H,17,19). The third-order valence-electron chi connectivity index (χ3n) is 2.65. The van der Waals surface area contributed by atoms with Crippen molar-refractivity contribution in [3.05, 3.63) is 32.8 Å². The molecule has 20 heavy (non-hydrogen) atoms. The van der Waals surface area contributed by atoms with Gasteiger partial charge in [-0.25, -0.2) is 13.2 Å². The number of pyridine rings is 1. The maximum Gasteiger partial charge on any atom is 0.287 e. The summed E-state index contributed by atoms with van der Waals surface area (Å²) in [7, 11) is 1.52. The Kier molecular flexibility index (Phi) is 3.89. The Hall–Kier alpha value is -1.77. The van der Waals surface area contributed by atoms with Gasteiger partial charge in [-0.15, -0.1) is 0 Å². The lowest BCUT2D eigenvalue weighted by molar-refractivity contribution is 0.0285. The van der Waals surface area contributed by atoms with Gasteiger partial charge in [0.05, 0.1) is 0 Å². The molecule has 0 aromatic carbocycles. The van der Waals surface area contributed by atoms with E-state index in [2.05, 4.69) is 20.9 Å². The van der Waals surface area contributed by atoms with Crippen LogP contribution in [-0.2, 0) is 7.05 Å². The lowest BCUT2D eigenvalue weighted by atomic mass is 10.3. The number of aromatic nitrogens is 2. The Morgan fingerprint density at radius 2 is 2.10 bits per heavy atom. The van der Waals surface area contributed by atoms with Crippen molar-refractivity contribution in [2.75, 3.05) is 0 Å². The average molecular weight is 352 g/mol. The molecule has 0 fully saturated rings. The van der Waals surface area contributed by atoms with Crippen LogP contribution in [-0.4, -0.2) is 28.2 Å². The van der Waals surface area contributed by atoms with Crippen molar-refractivity contribution in [1.82, 2.24) is 14.9 Å². The average Bonchev–Trinajstić information content (AvgIpc) is 2.81. The van der Waals surface area contributed by atoms with E-state index in [1.165, 1.54) is 29.2 Å². The molecule has 2 heterocycles. The molecule has 9 heteroatoms. The molecule has 2 rings (SSSR count). The molecule has 2 aromatic rings. The molecule has 1 atom stereocenters. The van der Waals surface area contributed by atoms with Crippen molar-refractivity contribution in [2.45, 2.75) is 12.7 Å². The number of amides is 1. The summed E-state index contributed by atoms with van der Waals surface area (Å²) in [5.74, 6) is -1.05. The molecule has 2 N–H and O–H groups in total. The van der Waals surface area contributed by atoms with Crippen LogP contribution in [0.1, 0.15) is 10.5 Å². The van der Waals surface area contributed by atoms with E-state index >= 15 is 0 Å². The molecule has 0 saturated carbocycles. The van der Waals surface area contributed by atoms with Gasteiger partial charge in [0, 0.05) is 23.1 Å². The van der Waals surface area contributed by atoms with Crippen LogP contribution in [0, 0.1) is 0 Å². The second kappa shape index (κ2) is 5.31. The number of carbonyl (C=O) groups is 1. The van der Waals surface area contributed by atoms with Crippen LogP contribution < -0.4 is 10.9 Å². The Labute approximate surface area is 118 Å². The van der Waals surface area contributed by atoms with Gasteiger partial charge in [-0.05, 0) is 22.0 Å². The molecule has 108 valence electrons. The second-order valence-electron chi connectivity index (χ2n) is 4.07. The predicted octanol–water partition coefficient (Wildman–Crippen LogP) is 1.92. The molecule has 0 radical (unpaired) electrons. The van der Waals surface area contributed by atoms with Crippen LogP contribution in [0.15, 0.2) is 21.5 Å². The van der Waals surface area contributed by atoms with E-state index in [4.69, 9.17) is 0 Å². The second-order valence-corrected chi connectivity index (χ2v) is 4.93. The highest BCUT2D eigenvalue weighted by Gasteiger charge is 2.23. The molecule has 0 aliphatic heterocycles. The first-order valence-corrected chi connectivity index (χ1v) is 6.21. The quantitative estimate of drug-likeness (QED) is 0.829. The molecule has 0 aliphatic carbocycles. The summed E-state index contributed by atoms with van der Waals surface area (Å²) in [6.07, 6.45) is -4.58. The molecule has 2 aromatic heterocycles. The van der Waals surface area contributed by atoms with Gasteiger partial charge < -0.3 is 14.9 Å². The van der Waals surface area contributed by atoms with Crippen LogP contribution in [0.2, 0.25) is 0 Å². The summed E-state index contributed by atoms with van der Waals surface area (Å²) in [6, 6.07) is 1.29. The largest absolute Gasteiger partial charge is 0.346 e. The van der Waals surface area contributed by atoms with E-state index in [0.29, 0.717) is 9.86 Å². The first-order chi connectivity index (χ1) is 9.31. The number of alkyl halides is 3. The van der Waals surface area contributed by atoms with Crippen LogP contribution in [0.4, 0.5) is 13.2 Å². The number of carbonyl (C=O) groups excluding carboxylic acids is 1. The zero-order chi connectivity index (χ0) is 15.0. The number of aryl methyl sites for hydroxylation is 1. The Bertz CT molecular complexity index is 726. The van der Waals surface area contributed by atoms with E-state index in [-0.39, 0.29) is 11.2 Å². The zero-order valence-electron chi connectivity index (χ0n) is 10.1. The third kappa shape index (κ3) is 2.58. The minimum absolute atomic E-state index is 0.125. The fourth-order valence-corrected chi connectivity index (χ4v) is 2.29. The van der Waals surface area contributed by atoms with Gasteiger partial charge in [0.25, 0.3) is 17.9 Å². The van der Waals surface area contributed by atoms with Crippen LogP contribution in [0.25, 0.3) is 10.9 Å². The highest BCUT2D eigenvalue weighted by atomic mass is 79.9. The lowest BCUT2D eigenvalue weighted by Gasteiger charge is -2.07. The summed E-state index contributed by atoms with van der Waals surface area (Å²) in [5, 5.41) is 1.91. The fraction of sp³-hybridized carbons (Fsp3) is 0.273. The number of fused-ring (bicyclic) bond motifs is 1. The molecule has 1 unspecified atom stereocenters. The van der Waals surface area contributed by atoms with Gasteiger partial charge in [0.1, 0.15) is 11.2 Å². The maximum absolute atomic E-state index is 12.8. The van der Waals surface area contributed by atoms with Crippen LogP contribution >= 0.6 is 15.9 Å². The molecule has 1 amide bonds. The number of nitrogens with zero attached hydrogens (tertiary/aromatic N) is 1. The van der Waals surface area contributed by atoms with Gasteiger partial charge in [0.15, 0.2) is 0 Å². The Balaban J connectivity index is 2.42. The number of rotatable bonds is 3. The summed E-state index contributed by atoms with van der Waals surface area (Å²) in [4.78, 5) is 25.9. The molecule has 0 spiro atoms. The Morgan fingerprint density at radius 3 is 2.70 bits per heavy atom. The van der Waals surface area contributed by atoms with Crippen molar-refractivity contribution in [1.29, 1.82) is 0 Å². The van der Waals surface area contributed by atoms with E-state index in [1.54, 1.807) is 0 Å². The third-order valence-corrected chi connectivity index (χ3v) is 3.28. The van der Waals surface area contributed by atoms with Crippen LogP contribution in [0.3, 0.4) is 0 Å². The molecule has 0 saturated heterocycles. The first-order valence-electron chi connectivity index (χ1n) is 5.42. The highest BCUT2D eigenvalue weighted by Crippen LogP contribution is 2.22. The van der Waals surface area contributed by atoms with Crippen LogP contribution in [0.5, 0.6) is 0 Å². The molecule has 0 aliphatic rings. The topological polar surface area (TPSA) is 66.9 Å². The predicted molar refractivity (Wildman–Crippen MR) is 69.6 cm³/mol. The molecular formula is C11H9BrF3N3O2. The minimum atomic E-state index is -3.32. The number of hydrogen-bond acceptors (Lipinski definition) is 2. The van der Waals surface area contributed by atoms with Crippen molar-refractivity contribution < 1.29 is 18.0 Å². The number of nitrogens with one attached hydrogen (secondary N) is 2. The smallest absolute Gasteiger partial charge is 0.287 e. The number of H-pyrrole nitrogens is 1. The summed E-state index contributed by atoms with van der Waals surface area (Å²) in [5.41, 5.74) is -0.445. The number of hydrogen-bond donors (Lipinski definition) is 2. The van der Waals surface area contributed by atoms with Crippen molar-refractivity contribution in [3.63, 3.8) is 0 Å². The van der Waals surface area contributed by atoms with Crippen molar-refractivity contribution in [2.24, 2.45) is 7.05 Å². The zero-order valence-corrected chi connectivity index (χ0v) is 11.7. The van der Waals surface area contributed by atoms with Gasteiger partial charge in [-0.1, -0.05) is 0 Å². The van der Waals surface area contributed by atoms with E-state index in [0.717, 1.165) is 0 Å². The van der Waals surface area contributed by atoms with E-state index < -0.39 is 24.2 Å². The van der Waals surface area contributed by atoms with E-state index in [9.17, 15) is 22.8 Å². The van der Waals surface area contributed by atoms with Crippen molar-refractivity contribution >= 4 is 32.7 Å². The maximum atomic E-state index is 12.8. The highest BCUT2D eigenvalue weighted by molar-refractivity contribution is 9.10. The van der Waals surface area contributed by atoms with E-state index in [1.807, 2.05) is 0 Å². The van der Waals surface area contributed by atoms with Crippen molar-refractivity contribution in [3.8, 4) is 0 Å². The molecular weight excluding hydrogens is 343 g/mol. The molecule has 0 bridgehead atoms.